The van der Waals surface area contributed by atoms with Crippen LogP contribution in [0.15, 0.2) is 0 Å². The average molecular weight is 419 g/mol. The van der Waals surface area contributed by atoms with Crippen molar-refractivity contribution in [2.75, 3.05) is 0 Å². The van der Waals surface area contributed by atoms with Gasteiger partial charge < -0.3 is 0 Å². The average Bonchev–Trinajstić information content (AvgIpc) is 2.76. The first-order valence-corrected chi connectivity index (χ1v) is 12.5. The van der Waals surface area contributed by atoms with Crippen LogP contribution in [0.5, 0.6) is 0 Å². The zero-order valence-corrected chi connectivity index (χ0v) is 18.3. The van der Waals surface area contributed by atoms with E-state index in [1.807, 2.05) is 0 Å². The van der Waals surface area contributed by atoms with Crippen LogP contribution >= 0.6 is 0 Å². The normalized spacial score (nSPS) is 39.1. The summed E-state index contributed by atoms with van der Waals surface area (Å²) in [6, 6.07) is 0. The van der Waals surface area contributed by atoms with E-state index in [2.05, 4.69) is 11.0 Å². The summed E-state index contributed by atoms with van der Waals surface area (Å²) in [6.07, 6.45) is 17.1. The number of nitrogens with one attached hydrogen (secondary N) is 2. The molecule has 6 aliphatic rings. The molecule has 6 fully saturated rings. The lowest BCUT2D eigenvalue weighted by Gasteiger charge is -2.60. The zero-order valence-electron chi connectivity index (χ0n) is 18.3. The number of carbonyl (C=O) groups excluding carboxylic acids is 2. The van der Waals surface area contributed by atoms with Gasteiger partial charge in [0.25, 0.3) is 0 Å². The standard InChI is InChI=1S/C24H38N2O4/c27-21(25-29-19-7-3-1-4-8-19)23-12-17-11-18(13-23)15-24(14-17,16-23)22(28)26-30-20-9-5-2-6-10-20/h17-20H,1-16H2,(H,25,27)(H,26,28). The van der Waals surface area contributed by atoms with E-state index in [9.17, 15) is 9.59 Å². The van der Waals surface area contributed by atoms with Gasteiger partial charge in [-0.1, -0.05) is 38.5 Å². The van der Waals surface area contributed by atoms with Gasteiger partial charge in [0.05, 0.1) is 23.0 Å². The molecule has 0 spiro atoms. The maximum atomic E-state index is 13.3. The lowest BCUT2D eigenvalue weighted by molar-refractivity contribution is -0.185. The van der Waals surface area contributed by atoms with E-state index in [1.54, 1.807) is 0 Å². The fourth-order valence-electron chi connectivity index (χ4n) is 7.65. The summed E-state index contributed by atoms with van der Waals surface area (Å²) in [5.41, 5.74) is 4.81. The first-order chi connectivity index (χ1) is 14.6. The first-order valence-electron chi connectivity index (χ1n) is 12.5. The largest absolute Gasteiger partial charge is 0.272 e. The molecule has 0 atom stereocenters. The van der Waals surface area contributed by atoms with Crippen molar-refractivity contribution in [3.8, 4) is 0 Å². The fourth-order valence-corrected chi connectivity index (χ4v) is 7.65. The molecule has 0 aromatic rings. The van der Waals surface area contributed by atoms with Gasteiger partial charge in [-0.15, -0.1) is 0 Å². The van der Waals surface area contributed by atoms with Crippen LogP contribution in [-0.2, 0) is 19.3 Å². The topological polar surface area (TPSA) is 76.7 Å². The number of carbonyl (C=O) groups is 2. The summed E-state index contributed by atoms with van der Waals surface area (Å²) in [7, 11) is 0. The van der Waals surface area contributed by atoms with Gasteiger partial charge in [-0.05, 0) is 76.0 Å². The van der Waals surface area contributed by atoms with Crippen LogP contribution in [0.4, 0.5) is 0 Å². The van der Waals surface area contributed by atoms with Gasteiger partial charge in [0, 0.05) is 0 Å². The highest BCUT2D eigenvalue weighted by molar-refractivity contribution is 5.87. The molecule has 2 amide bonds. The highest BCUT2D eigenvalue weighted by Crippen LogP contribution is 2.65. The van der Waals surface area contributed by atoms with Crippen molar-refractivity contribution in [2.45, 2.75) is 115 Å². The molecule has 0 radical (unpaired) electrons. The molecule has 0 aliphatic heterocycles. The summed E-state index contributed by atoms with van der Waals surface area (Å²) in [5, 5.41) is 0. The minimum Gasteiger partial charge on any atom is -0.272 e. The molecule has 30 heavy (non-hydrogen) atoms. The van der Waals surface area contributed by atoms with E-state index < -0.39 is 10.8 Å². The second-order valence-corrected chi connectivity index (χ2v) is 11.1. The van der Waals surface area contributed by atoms with Gasteiger partial charge in [0.2, 0.25) is 11.8 Å². The van der Waals surface area contributed by atoms with Crippen molar-refractivity contribution in [1.29, 1.82) is 0 Å². The molecule has 168 valence electrons. The summed E-state index contributed by atoms with van der Waals surface area (Å²) >= 11 is 0. The number of rotatable bonds is 6. The highest BCUT2D eigenvalue weighted by Gasteiger charge is 2.63. The van der Waals surface area contributed by atoms with Crippen LogP contribution in [0.1, 0.15) is 103 Å². The molecule has 0 aromatic heterocycles. The van der Waals surface area contributed by atoms with E-state index in [1.165, 1.54) is 38.5 Å². The molecule has 0 saturated heterocycles. The molecule has 0 aromatic carbocycles. The molecule has 6 saturated carbocycles. The monoisotopic (exact) mass is 418 g/mol. The van der Waals surface area contributed by atoms with Gasteiger partial charge in [-0.25, -0.2) is 11.0 Å². The molecule has 0 unspecified atom stereocenters. The van der Waals surface area contributed by atoms with Gasteiger partial charge >= 0.3 is 0 Å². The smallest absolute Gasteiger partial charge is 0.249 e. The van der Waals surface area contributed by atoms with E-state index in [-0.39, 0.29) is 24.0 Å². The van der Waals surface area contributed by atoms with E-state index in [4.69, 9.17) is 9.68 Å². The van der Waals surface area contributed by atoms with Gasteiger partial charge in [0.15, 0.2) is 0 Å². The van der Waals surface area contributed by atoms with Crippen molar-refractivity contribution in [2.24, 2.45) is 22.7 Å². The Morgan fingerprint density at radius 2 is 1.03 bits per heavy atom. The third-order valence-corrected chi connectivity index (χ3v) is 8.77. The van der Waals surface area contributed by atoms with Gasteiger partial charge in [-0.2, -0.15) is 0 Å². The van der Waals surface area contributed by atoms with Crippen molar-refractivity contribution in [1.82, 2.24) is 11.0 Å². The zero-order chi connectivity index (χ0) is 20.6. The Hall–Kier alpha value is -1.14. The number of hydrogen-bond donors (Lipinski definition) is 2. The van der Waals surface area contributed by atoms with Crippen molar-refractivity contribution < 1.29 is 19.3 Å². The molecule has 6 heteroatoms. The van der Waals surface area contributed by atoms with Gasteiger partial charge in [-0.3, -0.25) is 19.3 Å². The lowest BCUT2D eigenvalue weighted by atomic mass is 9.43. The van der Waals surface area contributed by atoms with Crippen LogP contribution in [-0.4, -0.2) is 24.0 Å². The second kappa shape index (κ2) is 8.42. The Bertz CT molecular complexity index is 588. The molecule has 6 nitrogen and oxygen atoms in total. The fraction of sp³-hybridized carbons (Fsp3) is 0.917. The van der Waals surface area contributed by atoms with Crippen molar-refractivity contribution in [3.63, 3.8) is 0 Å². The quantitative estimate of drug-likeness (QED) is 0.629. The van der Waals surface area contributed by atoms with Crippen LogP contribution in [0.25, 0.3) is 0 Å². The third-order valence-electron chi connectivity index (χ3n) is 8.77. The number of hydroxylamine groups is 2. The highest BCUT2D eigenvalue weighted by atomic mass is 16.7. The molecule has 6 rings (SSSR count). The maximum Gasteiger partial charge on any atom is 0.249 e. The lowest BCUT2D eigenvalue weighted by Crippen LogP contribution is -2.61. The molecular formula is C24H38N2O4. The van der Waals surface area contributed by atoms with Crippen molar-refractivity contribution in [3.05, 3.63) is 0 Å². The van der Waals surface area contributed by atoms with Gasteiger partial charge in [0.1, 0.15) is 0 Å². The van der Waals surface area contributed by atoms with Crippen LogP contribution in [0.3, 0.4) is 0 Å². The minimum atomic E-state index is -0.444. The Morgan fingerprint density at radius 3 is 1.43 bits per heavy atom. The summed E-state index contributed by atoms with van der Waals surface area (Å²) in [5.74, 6) is 0.972. The maximum absolute atomic E-state index is 13.3. The van der Waals surface area contributed by atoms with Crippen molar-refractivity contribution >= 4 is 11.8 Å². The predicted octanol–water partition coefficient (Wildman–Crippen LogP) is 4.33. The molecule has 2 N–H and O–H groups in total. The Kier molecular flexibility index (Phi) is 5.82. The third kappa shape index (κ3) is 4.02. The van der Waals surface area contributed by atoms with E-state index in [0.717, 1.165) is 57.8 Å². The Balaban J connectivity index is 1.23. The summed E-state index contributed by atoms with van der Waals surface area (Å²) in [6.45, 7) is 0. The number of hydrogen-bond acceptors (Lipinski definition) is 4. The first kappa shape index (κ1) is 20.7. The second-order valence-electron chi connectivity index (χ2n) is 11.1. The number of amides is 2. The predicted molar refractivity (Wildman–Crippen MR) is 112 cm³/mol. The van der Waals surface area contributed by atoms with Crippen LogP contribution < -0.4 is 11.0 Å². The SMILES string of the molecule is O=C(NOC1CCCCC1)C12CC3CC(C1)CC(C(=O)NOC1CCCCC1)(C3)C2. The molecule has 4 bridgehead atoms. The molecule has 6 aliphatic carbocycles. The van der Waals surface area contributed by atoms with E-state index >= 15 is 0 Å². The molecular weight excluding hydrogens is 380 g/mol. The summed E-state index contributed by atoms with van der Waals surface area (Å²) < 4.78 is 0. The minimum absolute atomic E-state index is 0.0209. The van der Waals surface area contributed by atoms with Crippen LogP contribution in [0, 0.1) is 22.7 Å². The Morgan fingerprint density at radius 1 is 0.633 bits per heavy atom. The Labute approximate surface area is 180 Å². The summed E-state index contributed by atoms with van der Waals surface area (Å²) in [4.78, 5) is 38.3. The van der Waals surface area contributed by atoms with Crippen LogP contribution in [0.2, 0.25) is 0 Å². The molecule has 0 heterocycles. The van der Waals surface area contributed by atoms with E-state index in [0.29, 0.717) is 18.3 Å².